The minimum Gasteiger partial charge on any atom is -0.293 e. The average Bonchev–Trinajstić information content (AvgIpc) is 1.65. The molecule has 0 aromatic heterocycles. The molecule has 1 nitrogen and oxygen atoms in total. The van der Waals surface area contributed by atoms with Crippen molar-refractivity contribution < 1.29 is 4.79 Å². The van der Waals surface area contributed by atoms with E-state index in [0.29, 0.717) is 0 Å². The summed E-state index contributed by atoms with van der Waals surface area (Å²) in [6, 6.07) is 0. The lowest BCUT2D eigenvalue weighted by atomic mass is 10.4. The number of ketones is 1. The number of rotatable bonds is 2. The molecule has 0 N–H and O–H groups in total. The molecule has 0 unspecified atom stereocenters. The predicted octanol–water partition coefficient (Wildman–Crippen LogP) is 2.11. The molecule has 46 valence electrons. The highest BCUT2D eigenvalue weighted by Gasteiger charge is 1.92. The Kier molecular flexibility index (Phi) is 4.33. The first-order valence-electron chi connectivity index (χ1n) is 1.78. The molecule has 0 aromatic rings. The normalized spacial score (nSPS) is 8.38. The van der Waals surface area contributed by atoms with E-state index in [0.717, 1.165) is 6.08 Å². The van der Waals surface area contributed by atoms with Gasteiger partial charge in [0.15, 0.2) is 5.78 Å². The van der Waals surface area contributed by atoms with Gasteiger partial charge in [0.25, 0.3) is 0 Å². The van der Waals surface area contributed by atoms with Crippen molar-refractivity contribution in [1.29, 1.82) is 0 Å². The number of hydrogen-bond acceptors (Lipinski definition) is 1. The first kappa shape index (κ1) is 8.28. The van der Waals surface area contributed by atoms with Gasteiger partial charge < -0.3 is 0 Å². The van der Waals surface area contributed by atoms with Crippen molar-refractivity contribution in [1.82, 2.24) is 0 Å². The largest absolute Gasteiger partial charge is 0.293 e. The smallest absolute Gasteiger partial charge is 0.172 e. The number of hydrogen-bond donors (Lipinski definition) is 0. The molecule has 0 aliphatic heterocycles. The second kappa shape index (κ2) is 4.19. The highest BCUT2D eigenvalue weighted by molar-refractivity contribution is 6.57. The second-order valence-electron chi connectivity index (χ2n) is 1.03. The number of alkyl halides is 1. The lowest BCUT2D eigenvalue weighted by Crippen LogP contribution is -1.91. The zero-order valence-electron chi connectivity index (χ0n) is 3.83. The third kappa shape index (κ3) is 4.44. The molecule has 0 radical (unpaired) electrons. The van der Waals surface area contributed by atoms with E-state index in [9.17, 15) is 4.79 Å². The fourth-order valence-electron chi connectivity index (χ4n) is 0.160. The van der Waals surface area contributed by atoms with Crippen molar-refractivity contribution in [3.8, 4) is 0 Å². The van der Waals surface area contributed by atoms with Gasteiger partial charge in [0.1, 0.15) is 4.49 Å². The molecule has 4 heteroatoms. The van der Waals surface area contributed by atoms with Crippen LogP contribution in [0, 0.1) is 0 Å². The Morgan fingerprint density at radius 3 is 2.12 bits per heavy atom. The van der Waals surface area contributed by atoms with Crippen molar-refractivity contribution in [2.24, 2.45) is 0 Å². The van der Waals surface area contributed by atoms with Crippen molar-refractivity contribution in [3.05, 3.63) is 10.6 Å². The van der Waals surface area contributed by atoms with Gasteiger partial charge in [0.05, 0.1) is 5.88 Å². The Balaban J connectivity index is 3.70. The second-order valence-corrected chi connectivity index (χ2v) is 2.31. The molecule has 0 amide bonds. The molecule has 0 saturated heterocycles. The molecule has 0 heterocycles. The van der Waals surface area contributed by atoms with E-state index >= 15 is 0 Å². The molecule has 0 aliphatic carbocycles. The minimum atomic E-state index is -0.285. The fourth-order valence-corrected chi connectivity index (χ4v) is 0.481. The van der Waals surface area contributed by atoms with E-state index < -0.39 is 0 Å². The summed E-state index contributed by atoms with van der Waals surface area (Å²) in [5.41, 5.74) is 0. The molecule has 8 heavy (non-hydrogen) atoms. The van der Waals surface area contributed by atoms with Crippen LogP contribution in [-0.4, -0.2) is 11.7 Å². The summed E-state index contributed by atoms with van der Waals surface area (Å²) in [7, 11) is 0. The van der Waals surface area contributed by atoms with Crippen LogP contribution in [0.3, 0.4) is 0 Å². The quantitative estimate of drug-likeness (QED) is 0.462. The summed E-state index contributed by atoms with van der Waals surface area (Å²) in [4.78, 5) is 10.2. The van der Waals surface area contributed by atoms with Gasteiger partial charge in [-0.25, -0.2) is 0 Å². The van der Waals surface area contributed by atoms with Crippen LogP contribution >= 0.6 is 34.8 Å². The van der Waals surface area contributed by atoms with Gasteiger partial charge in [-0.1, -0.05) is 23.2 Å². The summed E-state index contributed by atoms with van der Waals surface area (Å²) in [6.45, 7) is 0. The fraction of sp³-hybridized carbons (Fsp3) is 0.250. The summed E-state index contributed by atoms with van der Waals surface area (Å²) < 4.78 is -0.0596. The number of allylic oxidation sites excluding steroid dienone is 1. The zero-order valence-corrected chi connectivity index (χ0v) is 6.09. The SMILES string of the molecule is O=C(C=C(Cl)Cl)CCl. The molecule has 0 atom stereocenters. The van der Waals surface area contributed by atoms with Gasteiger partial charge in [-0.15, -0.1) is 11.6 Å². The summed E-state index contributed by atoms with van der Waals surface area (Å²) >= 11 is 15.3. The highest BCUT2D eigenvalue weighted by Crippen LogP contribution is 2.05. The van der Waals surface area contributed by atoms with Gasteiger partial charge in [-0.3, -0.25) is 4.79 Å². The number of carbonyl (C=O) groups is 1. The van der Waals surface area contributed by atoms with E-state index in [2.05, 4.69) is 0 Å². The van der Waals surface area contributed by atoms with Crippen LogP contribution in [0.5, 0.6) is 0 Å². The minimum absolute atomic E-state index is 0.0596. The lowest BCUT2D eigenvalue weighted by molar-refractivity contribution is -0.112. The summed E-state index contributed by atoms with van der Waals surface area (Å²) in [6.07, 6.45) is 1.07. The van der Waals surface area contributed by atoms with Crippen LogP contribution in [0.4, 0.5) is 0 Å². The monoisotopic (exact) mass is 172 g/mol. The van der Waals surface area contributed by atoms with Crippen molar-refractivity contribution in [3.63, 3.8) is 0 Å². The topological polar surface area (TPSA) is 17.1 Å². The molecule has 0 fully saturated rings. The van der Waals surface area contributed by atoms with Crippen molar-refractivity contribution >= 4 is 40.6 Å². The predicted molar refractivity (Wildman–Crippen MR) is 35.5 cm³/mol. The van der Waals surface area contributed by atoms with E-state index in [1.54, 1.807) is 0 Å². The van der Waals surface area contributed by atoms with Gasteiger partial charge in [0.2, 0.25) is 0 Å². The first-order chi connectivity index (χ1) is 3.66. The van der Waals surface area contributed by atoms with Gasteiger partial charge in [-0.2, -0.15) is 0 Å². The lowest BCUT2D eigenvalue weighted by Gasteiger charge is -1.80. The molecule has 0 rings (SSSR count). The standard InChI is InChI=1S/C4H3Cl3O/c5-2-3(8)1-4(6)7/h1H,2H2. The van der Waals surface area contributed by atoms with Crippen molar-refractivity contribution in [2.45, 2.75) is 0 Å². The van der Waals surface area contributed by atoms with Crippen LogP contribution in [-0.2, 0) is 4.79 Å². The van der Waals surface area contributed by atoms with Crippen LogP contribution in [0.2, 0.25) is 0 Å². The van der Waals surface area contributed by atoms with E-state index in [-0.39, 0.29) is 16.2 Å². The molecule has 0 spiro atoms. The maximum atomic E-state index is 10.2. The molecule has 0 aromatic carbocycles. The molecule has 0 saturated carbocycles. The maximum Gasteiger partial charge on any atom is 0.172 e. The Labute approximate surface area is 62.2 Å². The Morgan fingerprint density at radius 2 is 2.00 bits per heavy atom. The first-order valence-corrected chi connectivity index (χ1v) is 3.07. The molecular formula is C4H3Cl3O. The third-order valence-corrected chi connectivity index (χ3v) is 0.883. The summed E-state index contributed by atoms with van der Waals surface area (Å²) in [5, 5.41) is 0. The van der Waals surface area contributed by atoms with Gasteiger partial charge in [-0.05, 0) is 0 Å². The van der Waals surface area contributed by atoms with E-state index in [4.69, 9.17) is 34.8 Å². The number of carbonyl (C=O) groups excluding carboxylic acids is 1. The van der Waals surface area contributed by atoms with Crippen LogP contribution in [0.25, 0.3) is 0 Å². The van der Waals surface area contributed by atoms with Crippen LogP contribution < -0.4 is 0 Å². The summed E-state index contributed by atoms with van der Waals surface area (Å²) in [5.74, 6) is -0.366. The molecule has 0 bridgehead atoms. The van der Waals surface area contributed by atoms with Crippen molar-refractivity contribution in [2.75, 3.05) is 5.88 Å². The van der Waals surface area contributed by atoms with Gasteiger partial charge in [0, 0.05) is 6.08 Å². The zero-order chi connectivity index (χ0) is 6.57. The maximum absolute atomic E-state index is 10.2. The Hall–Kier alpha value is 0.280. The Bertz CT molecular complexity index is 114. The van der Waals surface area contributed by atoms with Gasteiger partial charge >= 0.3 is 0 Å². The molecular weight excluding hydrogens is 170 g/mol. The third-order valence-electron chi connectivity index (χ3n) is 0.402. The Morgan fingerprint density at radius 1 is 1.50 bits per heavy atom. The molecule has 0 aliphatic rings. The van der Waals surface area contributed by atoms with E-state index in [1.807, 2.05) is 0 Å². The van der Waals surface area contributed by atoms with Crippen LogP contribution in [0.15, 0.2) is 10.6 Å². The highest BCUT2D eigenvalue weighted by atomic mass is 35.5. The van der Waals surface area contributed by atoms with E-state index in [1.165, 1.54) is 0 Å². The number of halogens is 3. The average molecular weight is 173 g/mol. The van der Waals surface area contributed by atoms with Crippen LogP contribution in [0.1, 0.15) is 0 Å².